The lowest BCUT2D eigenvalue weighted by molar-refractivity contribution is 0.153. The third kappa shape index (κ3) is 3.43. The van der Waals surface area contributed by atoms with Crippen molar-refractivity contribution in [3.8, 4) is 0 Å². The van der Waals surface area contributed by atoms with Crippen LogP contribution in [-0.2, 0) is 19.5 Å². The van der Waals surface area contributed by atoms with Gasteiger partial charge in [-0.1, -0.05) is 48.5 Å². The SMILES string of the molecule is c1ccc(CN(Cc2nc3ccccc3[nH]2)C2CCCc3cccnc32)cc1. The predicted octanol–water partition coefficient (Wildman–Crippen LogP) is 5.04. The van der Waals surface area contributed by atoms with Gasteiger partial charge in [0.2, 0.25) is 0 Å². The molecule has 2 aromatic carbocycles. The van der Waals surface area contributed by atoms with Gasteiger partial charge < -0.3 is 4.98 Å². The molecule has 4 heteroatoms. The number of aromatic amines is 1. The predicted molar refractivity (Wildman–Crippen MR) is 112 cm³/mol. The van der Waals surface area contributed by atoms with Crippen LogP contribution in [0.2, 0.25) is 0 Å². The maximum absolute atomic E-state index is 4.83. The first-order valence-corrected chi connectivity index (χ1v) is 10.0. The number of nitrogens with one attached hydrogen (secondary N) is 1. The van der Waals surface area contributed by atoms with Crippen molar-refractivity contribution in [1.29, 1.82) is 0 Å². The van der Waals surface area contributed by atoms with E-state index in [0.717, 1.165) is 42.8 Å². The molecule has 1 aliphatic rings. The fourth-order valence-corrected chi connectivity index (χ4v) is 4.31. The summed E-state index contributed by atoms with van der Waals surface area (Å²) in [4.78, 5) is 15.6. The number of nitrogens with zero attached hydrogens (tertiary/aromatic N) is 3. The molecular formula is C24H24N4. The normalized spacial score (nSPS) is 16.4. The van der Waals surface area contributed by atoms with E-state index >= 15 is 0 Å². The fourth-order valence-electron chi connectivity index (χ4n) is 4.31. The van der Waals surface area contributed by atoms with Crippen LogP contribution in [0.1, 0.15) is 41.5 Å². The number of fused-ring (bicyclic) bond motifs is 2. The second-order valence-corrected chi connectivity index (χ2v) is 7.55. The molecule has 0 bridgehead atoms. The van der Waals surface area contributed by atoms with E-state index in [0.29, 0.717) is 6.04 Å². The van der Waals surface area contributed by atoms with E-state index in [1.54, 1.807) is 0 Å². The third-order valence-electron chi connectivity index (χ3n) is 5.63. The Morgan fingerprint density at radius 2 is 1.79 bits per heavy atom. The van der Waals surface area contributed by atoms with Crippen LogP contribution in [0, 0.1) is 0 Å². The first-order valence-electron chi connectivity index (χ1n) is 10.0. The van der Waals surface area contributed by atoms with Gasteiger partial charge in [0.25, 0.3) is 0 Å². The molecular weight excluding hydrogens is 344 g/mol. The Hall–Kier alpha value is -2.98. The molecule has 1 unspecified atom stereocenters. The second kappa shape index (κ2) is 7.56. The van der Waals surface area contributed by atoms with Gasteiger partial charge in [0.1, 0.15) is 5.82 Å². The highest BCUT2D eigenvalue weighted by atomic mass is 15.2. The van der Waals surface area contributed by atoms with Crippen molar-refractivity contribution in [1.82, 2.24) is 19.9 Å². The summed E-state index contributed by atoms with van der Waals surface area (Å²) in [5.74, 6) is 1.01. The molecule has 0 saturated heterocycles. The number of para-hydroxylation sites is 2. The lowest BCUT2D eigenvalue weighted by Crippen LogP contribution is -2.31. The number of H-pyrrole nitrogens is 1. The summed E-state index contributed by atoms with van der Waals surface area (Å²) >= 11 is 0. The minimum atomic E-state index is 0.318. The molecule has 0 fully saturated rings. The molecule has 0 saturated carbocycles. The van der Waals surface area contributed by atoms with Gasteiger partial charge in [0.15, 0.2) is 0 Å². The van der Waals surface area contributed by atoms with Crippen molar-refractivity contribution in [3.05, 3.63) is 95.6 Å². The van der Waals surface area contributed by atoms with Crippen LogP contribution in [0.4, 0.5) is 0 Å². The Balaban J connectivity index is 1.50. The zero-order valence-electron chi connectivity index (χ0n) is 15.9. The van der Waals surface area contributed by atoms with Crippen molar-refractivity contribution in [3.63, 3.8) is 0 Å². The molecule has 0 radical (unpaired) electrons. The highest BCUT2D eigenvalue weighted by molar-refractivity contribution is 5.74. The number of aryl methyl sites for hydroxylation is 1. The molecule has 2 aromatic heterocycles. The van der Waals surface area contributed by atoms with Gasteiger partial charge in [0.05, 0.1) is 29.3 Å². The topological polar surface area (TPSA) is 44.8 Å². The van der Waals surface area contributed by atoms with Crippen LogP contribution in [-0.4, -0.2) is 19.9 Å². The molecule has 4 aromatic rings. The Labute approximate surface area is 165 Å². The molecule has 4 nitrogen and oxygen atoms in total. The second-order valence-electron chi connectivity index (χ2n) is 7.55. The van der Waals surface area contributed by atoms with Crippen LogP contribution in [0.5, 0.6) is 0 Å². The van der Waals surface area contributed by atoms with Crippen molar-refractivity contribution in [2.45, 2.75) is 38.4 Å². The highest BCUT2D eigenvalue weighted by Gasteiger charge is 2.28. The first-order chi connectivity index (χ1) is 13.9. The summed E-state index contributed by atoms with van der Waals surface area (Å²) in [6, 6.07) is 23.6. The fraction of sp³-hybridized carbons (Fsp3) is 0.250. The standard InChI is InChI=1S/C24H24N4/c1-2-8-18(9-3-1)16-28(17-23-26-20-12-4-5-13-21(20)27-23)22-14-6-10-19-11-7-15-25-24(19)22/h1-5,7-9,11-13,15,22H,6,10,14,16-17H2,(H,26,27). The van der Waals surface area contributed by atoms with Crippen LogP contribution in [0.25, 0.3) is 11.0 Å². The Kier molecular flexibility index (Phi) is 4.63. The minimum absolute atomic E-state index is 0.318. The van der Waals surface area contributed by atoms with E-state index < -0.39 is 0 Å². The molecule has 2 heterocycles. The maximum atomic E-state index is 4.83. The Morgan fingerprint density at radius 1 is 0.929 bits per heavy atom. The molecule has 28 heavy (non-hydrogen) atoms. The molecule has 1 aliphatic carbocycles. The number of aromatic nitrogens is 3. The number of benzene rings is 2. The summed E-state index contributed by atoms with van der Waals surface area (Å²) in [7, 11) is 0. The monoisotopic (exact) mass is 368 g/mol. The summed E-state index contributed by atoms with van der Waals surface area (Å²) in [5, 5.41) is 0. The largest absolute Gasteiger partial charge is 0.341 e. The van der Waals surface area contributed by atoms with Crippen LogP contribution in [0.3, 0.4) is 0 Å². The molecule has 5 rings (SSSR count). The smallest absolute Gasteiger partial charge is 0.121 e. The third-order valence-corrected chi connectivity index (χ3v) is 5.63. The van der Waals surface area contributed by atoms with Gasteiger partial charge in [-0.05, 0) is 48.6 Å². The van der Waals surface area contributed by atoms with E-state index in [1.165, 1.54) is 23.2 Å². The summed E-state index contributed by atoms with van der Waals surface area (Å²) in [6.07, 6.45) is 5.40. The highest BCUT2D eigenvalue weighted by Crippen LogP contribution is 2.34. The first kappa shape index (κ1) is 17.1. The van der Waals surface area contributed by atoms with E-state index in [1.807, 2.05) is 18.3 Å². The van der Waals surface area contributed by atoms with Gasteiger partial charge in [-0.3, -0.25) is 9.88 Å². The zero-order chi connectivity index (χ0) is 18.8. The van der Waals surface area contributed by atoms with Crippen LogP contribution < -0.4 is 0 Å². The number of hydrogen-bond donors (Lipinski definition) is 1. The molecule has 0 spiro atoms. The van der Waals surface area contributed by atoms with Gasteiger partial charge in [0, 0.05) is 12.7 Å². The number of pyridine rings is 1. The summed E-state index contributed by atoms with van der Waals surface area (Å²) < 4.78 is 0. The molecule has 1 N–H and O–H groups in total. The molecule has 0 aliphatic heterocycles. The maximum Gasteiger partial charge on any atom is 0.121 e. The van der Waals surface area contributed by atoms with E-state index in [9.17, 15) is 0 Å². The van der Waals surface area contributed by atoms with E-state index in [-0.39, 0.29) is 0 Å². The van der Waals surface area contributed by atoms with Crippen molar-refractivity contribution < 1.29 is 0 Å². The summed E-state index contributed by atoms with van der Waals surface area (Å²) in [5.41, 5.74) is 6.07. The average molecular weight is 368 g/mol. The van der Waals surface area contributed by atoms with Gasteiger partial charge in [-0.25, -0.2) is 4.98 Å². The number of hydrogen-bond acceptors (Lipinski definition) is 3. The zero-order valence-corrected chi connectivity index (χ0v) is 15.9. The van der Waals surface area contributed by atoms with E-state index in [2.05, 4.69) is 64.5 Å². The average Bonchev–Trinajstić information content (AvgIpc) is 3.16. The number of imidazole rings is 1. The lowest BCUT2D eigenvalue weighted by atomic mass is 9.90. The quantitative estimate of drug-likeness (QED) is 0.537. The molecule has 1 atom stereocenters. The van der Waals surface area contributed by atoms with Crippen molar-refractivity contribution in [2.75, 3.05) is 0 Å². The van der Waals surface area contributed by atoms with Gasteiger partial charge >= 0.3 is 0 Å². The Morgan fingerprint density at radius 3 is 2.68 bits per heavy atom. The van der Waals surface area contributed by atoms with Crippen molar-refractivity contribution in [2.24, 2.45) is 0 Å². The molecule has 140 valence electrons. The van der Waals surface area contributed by atoms with Gasteiger partial charge in [-0.15, -0.1) is 0 Å². The van der Waals surface area contributed by atoms with Gasteiger partial charge in [-0.2, -0.15) is 0 Å². The van der Waals surface area contributed by atoms with Crippen LogP contribution >= 0.6 is 0 Å². The van der Waals surface area contributed by atoms with E-state index in [4.69, 9.17) is 9.97 Å². The minimum Gasteiger partial charge on any atom is -0.341 e. The Bertz CT molecular complexity index is 1040. The molecule has 0 amide bonds. The summed E-state index contributed by atoms with van der Waals surface area (Å²) in [6.45, 7) is 1.67. The number of rotatable bonds is 5. The van der Waals surface area contributed by atoms with Crippen molar-refractivity contribution >= 4 is 11.0 Å². The van der Waals surface area contributed by atoms with Crippen LogP contribution in [0.15, 0.2) is 72.9 Å². The lowest BCUT2D eigenvalue weighted by Gasteiger charge is -2.34.